The normalized spacial score (nSPS) is 23.6. The lowest BCUT2D eigenvalue weighted by Gasteiger charge is -2.21. The summed E-state index contributed by atoms with van der Waals surface area (Å²) in [6.45, 7) is 2.49. The second-order valence-corrected chi connectivity index (χ2v) is 4.82. The molecule has 2 heterocycles. The molecule has 0 N–H and O–H groups in total. The molecule has 0 atom stereocenters. The van der Waals surface area contributed by atoms with E-state index in [9.17, 15) is 4.79 Å². The molecule has 0 radical (unpaired) electrons. The highest BCUT2D eigenvalue weighted by atomic mass is 16.5. The molecule has 0 spiro atoms. The molecule has 0 aromatic heterocycles. The van der Waals surface area contributed by atoms with Crippen LogP contribution in [0.1, 0.15) is 24.8 Å². The van der Waals surface area contributed by atoms with Crippen molar-refractivity contribution < 1.29 is 9.53 Å². The number of nitrogens with zero attached hydrogens (tertiary/aromatic N) is 1. The number of ether oxygens (including phenoxy) is 1. The van der Waals surface area contributed by atoms with Crippen LogP contribution in [-0.4, -0.2) is 24.0 Å². The zero-order chi connectivity index (χ0) is 12.4. The van der Waals surface area contributed by atoms with Crippen LogP contribution in [-0.2, 0) is 16.1 Å². The summed E-state index contributed by atoms with van der Waals surface area (Å²) in [5, 5.41) is 0. The van der Waals surface area contributed by atoms with Crippen molar-refractivity contribution in [1.29, 1.82) is 0 Å². The lowest BCUT2D eigenvalue weighted by atomic mass is 10.1. The molecule has 0 unspecified atom stereocenters. The minimum absolute atomic E-state index is 0.107. The number of rotatable bonds is 2. The molecule has 0 saturated carbocycles. The van der Waals surface area contributed by atoms with Gasteiger partial charge in [0.2, 0.25) is 0 Å². The van der Waals surface area contributed by atoms with E-state index in [1.54, 1.807) is 0 Å². The van der Waals surface area contributed by atoms with E-state index in [0.717, 1.165) is 37.9 Å². The molecule has 1 aromatic carbocycles. The molecular formula is C15H17NO2. The molecule has 2 aliphatic heterocycles. The minimum Gasteiger partial charge on any atom is -0.462 e. The van der Waals surface area contributed by atoms with Gasteiger partial charge in [0.1, 0.15) is 0 Å². The molecule has 18 heavy (non-hydrogen) atoms. The summed E-state index contributed by atoms with van der Waals surface area (Å²) >= 11 is 0. The quantitative estimate of drug-likeness (QED) is 0.590. The Morgan fingerprint density at radius 3 is 2.72 bits per heavy atom. The summed E-state index contributed by atoms with van der Waals surface area (Å²) in [6.07, 6.45) is 2.93. The number of hydrogen-bond donors (Lipinski definition) is 0. The fourth-order valence-electron chi connectivity index (χ4n) is 2.75. The standard InChI is InChI=1S/C15H17NO2/c17-15-13(8-10-18-15)14-7-4-9-16(14)11-12-5-2-1-3-6-12/h1-3,5-6H,4,7-11H2/b14-13-. The Morgan fingerprint density at radius 1 is 1.17 bits per heavy atom. The van der Waals surface area contributed by atoms with E-state index >= 15 is 0 Å². The molecular weight excluding hydrogens is 226 g/mol. The highest BCUT2D eigenvalue weighted by Gasteiger charge is 2.28. The predicted octanol–water partition coefficient (Wildman–Crippen LogP) is 2.48. The number of cyclic esters (lactones) is 1. The highest BCUT2D eigenvalue weighted by Crippen LogP contribution is 2.30. The maximum absolute atomic E-state index is 11.7. The number of carbonyl (C=O) groups excluding carboxylic acids is 1. The number of esters is 1. The summed E-state index contributed by atoms with van der Waals surface area (Å²) in [5.41, 5.74) is 3.41. The highest BCUT2D eigenvalue weighted by molar-refractivity contribution is 5.91. The van der Waals surface area contributed by atoms with Gasteiger partial charge in [0.25, 0.3) is 0 Å². The Kier molecular flexibility index (Phi) is 3.05. The lowest BCUT2D eigenvalue weighted by molar-refractivity contribution is -0.135. The fraction of sp³-hybridized carbons (Fsp3) is 0.400. The SMILES string of the molecule is O=C1OCC/C1=C1\CCCN1Cc1ccccc1. The molecule has 3 nitrogen and oxygen atoms in total. The Bertz CT molecular complexity index is 479. The van der Waals surface area contributed by atoms with Gasteiger partial charge in [-0.05, 0) is 18.4 Å². The first-order valence-corrected chi connectivity index (χ1v) is 6.52. The van der Waals surface area contributed by atoms with Gasteiger partial charge in [0.05, 0.1) is 12.2 Å². The maximum atomic E-state index is 11.7. The summed E-state index contributed by atoms with van der Waals surface area (Å²) < 4.78 is 5.05. The van der Waals surface area contributed by atoms with Crippen LogP contribution in [0, 0.1) is 0 Å². The van der Waals surface area contributed by atoms with Crippen molar-refractivity contribution in [2.24, 2.45) is 0 Å². The van der Waals surface area contributed by atoms with E-state index in [-0.39, 0.29) is 5.97 Å². The first kappa shape index (κ1) is 11.3. The zero-order valence-electron chi connectivity index (χ0n) is 10.4. The summed E-state index contributed by atoms with van der Waals surface area (Å²) in [5.74, 6) is -0.107. The number of allylic oxidation sites excluding steroid dienone is 1. The van der Waals surface area contributed by atoms with Crippen LogP contribution in [0.4, 0.5) is 0 Å². The Hall–Kier alpha value is -1.77. The van der Waals surface area contributed by atoms with Gasteiger partial charge in [0, 0.05) is 25.2 Å². The van der Waals surface area contributed by atoms with E-state index < -0.39 is 0 Å². The van der Waals surface area contributed by atoms with Crippen molar-refractivity contribution >= 4 is 5.97 Å². The van der Waals surface area contributed by atoms with Crippen molar-refractivity contribution in [3.63, 3.8) is 0 Å². The van der Waals surface area contributed by atoms with Crippen molar-refractivity contribution in [2.45, 2.75) is 25.8 Å². The van der Waals surface area contributed by atoms with Crippen LogP contribution in [0.3, 0.4) is 0 Å². The van der Waals surface area contributed by atoms with Gasteiger partial charge >= 0.3 is 5.97 Å². The smallest absolute Gasteiger partial charge is 0.335 e. The monoisotopic (exact) mass is 243 g/mol. The zero-order valence-corrected chi connectivity index (χ0v) is 10.4. The van der Waals surface area contributed by atoms with E-state index in [1.807, 2.05) is 6.07 Å². The summed E-state index contributed by atoms with van der Waals surface area (Å²) in [4.78, 5) is 14.0. The fourth-order valence-corrected chi connectivity index (χ4v) is 2.75. The Morgan fingerprint density at radius 2 is 2.00 bits per heavy atom. The number of benzene rings is 1. The molecule has 3 rings (SSSR count). The van der Waals surface area contributed by atoms with E-state index in [2.05, 4.69) is 29.2 Å². The average molecular weight is 243 g/mol. The molecule has 0 aliphatic carbocycles. The van der Waals surface area contributed by atoms with Crippen LogP contribution >= 0.6 is 0 Å². The van der Waals surface area contributed by atoms with E-state index in [1.165, 1.54) is 11.3 Å². The largest absolute Gasteiger partial charge is 0.462 e. The van der Waals surface area contributed by atoms with Crippen LogP contribution in [0.15, 0.2) is 41.6 Å². The first-order valence-electron chi connectivity index (χ1n) is 6.52. The summed E-state index contributed by atoms with van der Waals surface area (Å²) in [6, 6.07) is 10.4. The minimum atomic E-state index is -0.107. The van der Waals surface area contributed by atoms with Crippen LogP contribution < -0.4 is 0 Å². The molecule has 0 amide bonds. The Balaban J connectivity index is 1.82. The molecule has 2 fully saturated rings. The molecule has 94 valence electrons. The number of likely N-dealkylation sites (tertiary alicyclic amines) is 1. The third-order valence-corrected chi connectivity index (χ3v) is 3.62. The van der Waals surface area contributed by atoms with Gasteiger partial charge in [-0.2, -0.15) is 0 Å². The van der Waals surface area contributed by atoms with Crippen molar-refractivity contribution in [3.05, 3.63) is 47.2 Å². The first-order chi connectivity index (χ1) is 8.84. The van der Waals surface area contributed by atoms with Crippen molar-refractivity contribution in [1.82, 2.24) is 4.90 Å². The van der Waals surface area contributed by atoms with Crippen LogP contribution in [0.5, 0.6) is 0 Å². The molecule has 2 aliphatic rings. The Labute approximate surface area is 107 Å². The van der Waals surface area contributed by atoms with Crippen LogP contribution in [0.2, 0.25) is 0 Å². The van der Waals surface area contributed by atoms with Gasteiger partial charge in [-0.3, -0.25) is 0 Å². The number of hydrogen-bond acceptors (Lipinski definition) is 3. The molecule has 2 saturated heterocycles. The predicted molar refractivity (Wildman–Crippen MR) is 68.7 cm³/mol. The van der Waals surface area contributed by atoms with Crippen molar-refractivity contribution in [2.75, 3.05) is 13.2 Å². The molecule has 1 aromatic rings. The second-order valence-electron chi connectivity index (χ2n) is 4.82. The van der Waals surface area contributed by atoms with E-state index in [4.69, 9.17) is 4.74 Å². The molecule has 3 heteroatoms. The topological polar surface area (TPSA) is 29.5 Å². The van der Waals surface area contributed by atoms with Gasteiger partial charge < -0.3 is 9.64 Å². The number of carbonyl (C=O) groups is 1. The van der Waals surface area contributed by atoms with Gasteiger partial charge in [-0.25, -0.2) is 4.79 Å². The second kappa shape index (κ2) is 4.84. The van der Waals surface area contributed by atoms with Gasteiger partial charge in [-0.15, -0.1) is 0 Å². The van der Waals surface area contributed by atoms with E-state index in [0.29, 0.717) is 6.61 Å². The van der Waals surface area contributed by atoms with Crippen LogP contribution in [0.25, 0.3) is 0 Å². The third kappa shape index (κ3) is 2.13. The van der Waals surface area contributed by atoms with Gasteiger partial charge in [0.15, 0.2) is 0 Å². The maximum Gasteiger partial charge on any atom is 0.335 e. The third-order valence-electron chi connectivity index (χ3n) is 3.62. The lowest BCUT2D eigenvalue weighted by Crippen LogP contribution is -2.19. The van der Waals surface area contributed by atoms with Gasteiger partial charge in [-0.1, -0.05) is 30.3 Å². The van der Waals surface area contributed by atoms with Crippen molar-refractivity contribution in [3.8, 4) is 0 Å². The molecule has 0 bridgehead atoms. The summed E-state index contributed by atoms with van der Waals surface area (Å²) in [7, 11) is 0. The average Bonchev–Trinajstić information content (AvgIpc) is 2.99.